The van der Waals surface area contributed by atoms with Crippen LogP contribution in [0.15, 0.2) is 12.7 Å². The van der Waals surface area contributed by atoms with Gasteiger partial charge in [0.25, 0.3) is 0 Å². The Morgan fingerprint density at radius 1 is 1.33 bits per heavy atom. The highest BCUT2D eigenvalue weighted by Crippen LogP contribution is 2.64. The Labute approximate surface area is 197 Å². The van der Waals surface area contributed by atoms with Crippen LogP contribution in [-0.2, 0) is 23.9 Å². The second-order valence-electron chi connectivity index (χ2n) is 9.50. The van der Waals surface area contributed by atoms with Gasteiger partial charge >= 0.3 is 5.97 Å². The average Bonchev–Trinajstić information content (AvgIpc) is 3.41. The minimum Gasteiger partial charge on any atom is -0.466 e. The number of amides is 2. The minimum absolute atomic E-state index is 0.192. The maximum atomic E-state index is 14.1. The van der Waals surface area contributed by atoms with Crippen molar-refractivity contribution in [2.75, 3.05) is 26.3 Å². The van der Waals surface area contributed by atoms with E-state index in [9.17, 15) is 19.5 Å². The van der Waals surface area contributed by atoms with Crippen molar-refractivity contribution in [2.45, 2.75) is 89.5 Å². The predicted molar refractivity (Wildman–Crippen MR) is 123 cm³/mol. The van der Waals surface area contributed by atoms with Crippen molar-refractivity contribution < 1.29 is 29.0 Å². The molecule has 8 heteroatoms. The van der Waals surface area contributed by atoms with E-state index in [-0.39, 0.29) is 25.0 Å². The van der Waals surface area contributed by atoms with Crippen LogP contribution in [0.1, 0.15) is 66.2 Å². The Kier molecular flexibility index (Phi) is 7.89. The molecule has 0 aromatic heterocycles. The van der Waals surface area contributed by atoms with E-state index in [1.54, 1.807) is 17.9 Å². The van der Waals surface area contributed by atoms with Crippen LogP contribution in [0.25, 0.3) is 0 Å². The van der Waals surface area contributed by atoms with Gasteiger partial charge in [0.15, 0.2) is 0 Å². The molecular formula is C25H40N2O6. The molecule has 8 nitrogen and oxygen atoms in total. The fourth-order valence-electron chi connectivity index (χ4n) is 6.30. The predicted octanol–water partition coefficient (Wildman–Crippen LogP) is 2.29. The molecule has 2 unspecified atom stereocenters. The highest BCUT2D eigenvalue weighted by molar-refractivity contribution is 5.98. The number of aliphatic hydroxyl groups excluding tert-OH is 1. The van der Waals surface area contributed by atoms with Crippen LogP contribution >= 0.6 is 0 Å². The summed E-state index contributed by atoms with van der Waals surface area (Å²) in [6, 6.07) is -1.40. The second-order valence-corrected chi connectivity index (χ2v) is 9.50. The molecule has 2 bridgehead atoms. The van der Waals surface area contributed by atoms with Crippen molar-refractivity contribution in [3.05, 3.63) is 12.7 Å². The summed E-state index contributed by atoms with van der Waals surface area (Å²) in [5, 5.41) is 10.1. The number of nitrogens with zero attached hydrogens (tertiary/aromatic N) is 2. The number of esters is 1. The number of carbonyl (C=O) groups excluding carboxylic acids is 3. The smallest absolute Gasteiger partial charge is 0.312 e. The van der Waals surface area contributed by atoms with E-state index in [0.29, 0.717) is 38.8 Å². The lowest BCUT2D eigenvalue weighted by Crippen LogP contribution is -2.59. The molecule has 3 fully saturated rings. The van der Waals surface area contributed by atoms with Crippen LogP contribution in [-0.4, -0.2) is 82.3 Å². The van der Waals surface area contributed by atoms with Crippen molar-refractivity contribution in [3.63, 3.8) is 0 Å². The van der Waals surface area contributed by atoms with E-state index in [4.69, 9.17) is 9.47 Å². The van der Waals surface area contributed by atoms with Crippen LogP contribution in [0.2, 0.25) is 0 Å². The summed E-state index contributed by atoms with van der Waals surface area (Å²) < 4.78 is 12.1. The Morgan fingerprint density at radius 2 is 2.06 bits per heavy atom. The van der Waals surface area contributed by atoms with Gasteiger partial charge in [0.05, 0.1) is 30.8 Å². The van der Waals surface area contributed by atoms with E-state index >= 15 is 0 Å². The third kappa shape index (κ3) is 3.89. The van der Waals surface area contributed by atoms with Crippen LogP contribution in [0.4, 0.5) is 0 Å². The normalized spacial score (nSPS) is 33.2. The molecule has 3 rings (SSSR count). The van der Waals surface area contributed by atoms with Gasteiger partial charge < -0.3 is 24.4 Å². The molecule has 1 N–H and O–H groups in total. The molecule has 0 aromatic carbocycles. The van der Waals surface area contributed by atoms with Crippen LogP contribution in [0, 0.1) is 11.8 Å². The first kappa shape index (κ1) is 25.7. The molecule has 3 heterocycles. The number of carbonyl (C=O) groups is 3. The average molecular weight is 465 g/mol. The number of unbranched alkanes of at least 4 members (excludes halogenated alkanes) is 1. The number of aliphatic hydroxyl groups is 1. The van der Waals surface area contributed by atoms with Crippen molar-refractivity contribution in [2.24, 2.45) is 11.8 Å². The first-order chi connectivity index (χ1) is 15.8. The van der Waals surface area contributed by atoms with Gasteiger partial charge in [-0.2, -0.15) is 0 Å². The van der Waals surface area contributed by atoms with Crippen LogP contribution in [0.3, 0.4) is 0 Å². The van der Waals surface area contributed by atoms with Gasteiger partial charge in [-0.1, -0.05) is 33.3 Å². The Hall–Kier alpha value is -1.93. The monoisotopic (exact) mass is 464 g/mol. The number of hydrogen-bond acceptors (Lipinski definition) is 6. The Balaban J connectivity index is 2.12. The summed E-state index contributed by atoms with van der Waals surface area (Å²) in [5.41, 5.74) is -1.89. The van der Waals surface area contributed by atoms with Gasteiger partial charge in [0.1, 0.15) is 17.6 Å². The van der Waals surface area contributed by atoms with Gasteiger partial charge in [-0.25, -0.2) is 0 Å². The molecule has 0 aromatic rings. The largest absolute Gasteiger partial charge is 0.466 e. The van der Waals surface area contributed by atoms with Crippen molar-refractivity contribution in [1.29, 1.82) is 0 Å². The lowest BCUT2D eigenvalue weighted by molar-refractivity contribution is -0.163. The molecule has 3 saturated heterocycles. The molecule has 0 saturated carbocycles. The zero-order chi connectivity index (χ0) is 24.4. The lowest BCUT2D eigenvalue weighted by atomic mass is 9.65. The fourth-order valence-corrected chi connectivity index (χ4v) is 6.30. The quantitative estimate of drug-likeness (QED) is 0.352. The first-order valence-electron chi connectivity index (χ1n) is 12.5. The molecule has 6 atom stereocenters. The number of ether oxygens (including phenoxy) is 2. The minimum atomic E-state index is -1.09. The van der Waals surface area contributed by atoms with E-state index in [2.05, 4.69) is 13.5 Å². The molecule has 1 spiro atoms. The molecule has 2 amide bonds. The summed E-state index contributed by atoms with van der Waals surface area (Å²) in [7, 11) is 0. The van der Waals surface area contributed by atoms with Gasteiger partial charge in [0, 0.05) is 13.1 Å². The van der Waals surface area contributed by atoms with Gasteiger partial charge in [-0.15, -0.1) is 6.58 Å². The van der Waals surface area contributed by atoms with Gasteiger partial charge in [-0.3, -0.25) is 14.4 Å². The van der Waals surface area contributed by atoms with E-state index < -0.39 is 41.1 Å². The molecule has 0 aliphatic carbocycles. The Bertz CT molecular complexity index is 768. The zero-order valence-electron chi connectivity index (χ0n) is 20.5. The maximum Gasteiger partial charge on any atom is 0.312 e. The van der Waals surface area contributed by atoms with Crippen molar-refractivity contribution in [1.82, 2.24) is 9.80 Å². The van der Waals surface area contributed by atoms with Crippen LogP contribution < -0.4 is 0 Å². The molecule has 33 heavy (non-hydrogen) atoms. The Morgan fingerprint density at radius 3 is 2.61 bits per heavy atom. The zero-order valence-corrected chi connectivity index (χ0v) is 20.5. The molecule has 0 radical (unpaired) electrons. The van der Waals surface area contributed by atoms with Crippen molar-refractivity contribution >= 4 is 17.8 Å². The van der Waals surface area contributed by atoms with E-state index in [1.807, 2.05) is 13.8 Å². The standard InChI is InChI=1S/C25H40N2O6/c1-6-11-15-26(14-7-2)22(30)20-25-13-12-24(9-4,33-25)19(23(31)32-10-5)18(25)21(29)27(20)17(8-3)16-28/h7,17-20,28H,2,6,8-16H2,1,3-5H3/t17-,18-,19+,20?,24-,25?/m0/s1. The van der Waals surface area contributed by atoms with Crippen LogP contribution in [0.5, 0.6) is 0 Å². The van der Waals surface area contributed by atoms with Gasteiger partial charge in [-0.05, 0) is 39.0 Å². The van der Waals surface area contributed by atoms with E-state index in [1.165, 1.54) is 4.90 Å². The number of rotatable bonds is 12. The van der Waals surface area contributed by atoms with E-state index in [0.717, 1.165) is 12.8 Å². The second kappa shape index (κ2) is 10.1. The summed E-state index contributed by atoms with van der Waals surface area (Å²) in [6.07, 6.45) is 5.63. The maximum absolute atomic E-state index is 14.1. The van der Waals surface area contributed by atoms with Gasteiger partial charge in [0.2, 0.25) is 11.8 Å². The summed E-state index contributed by atoms with van der Waals surface area (Å²) in [6.45, 7) is 12.3. The number of hydrogen-bond donors (Lipinski definition) is 1. The summed E-state index contributed by atoms with van der Waals surface area (Å²) >= 11 is 0. The summed E-state index contributed by atoms with van der Waals surface area (Å²) in [5.74, 6) is -2.43. The first-order valence-corrected chi connectivity index (χ1v) is 12.5. The molecular weight excluding hydrogens is 424 g/mol. The highest BCUT2D eigenvalue weighted by Gasteiger charge is 2.79. The SMILES string of the molecule is C=CCN(CCCC)C(=O)C1N([C@@H](CC)CO)C(=O)[C@@H]2[C@H](C(=O)OCC)[C@]3(CC)CCC12O3. The fraction of sp³-hybridized carbons (Fsp3) is 0.800. The molecule has 186 valence electrons. The summed E-state index contributed by atoms with van der Waals surface area (Å²) in [4.78, 5) is 44.4. The lowest BCUT2D eigenvalue weighted by Gasteiger charge is -2.39. The number of likely N-dealkylation sites (tertiary alicyclic amines) is 1. The third-order valence-electron chi connectivity index (χ3n) is 7.91. The molecule has 3 aliphatic rings. The topological polar surface area (TPSA) is 96.4 Å². The number of fused-ring (bicyclic) bond motifs is 1. The highest BCUT2D eigenvalue weighted by atomic mass is 16.6. The third-order valence-corrected chi connectivity index (χ3v) is 7.91. The molecule has 3 aliphatic heterocycles. The van der Waals surface area contributed by atoms with Crippen molar-refractivity contribution in [3.8, 4) is 0 Å².